The third-order valence-electron chi connectivity index (χ3n) is 6.57. The topological polar surface area (TPSA) is 76.2 Å². The number of unbranched alkanes of at least 4 members (excludes halogenated alkanes) is 1. The summed E-state index contributed by atoms with van der Waals surface area (Å²) in [4.78, 5) is 42.7. The number of hydrogen-bond donors (Lipinski definition) is 0. The summed E-state index contributed by atoms with van der Waals surface area (Å²) < 4.78 is 11.0. The molecule has 2 heterocycles. The molecule has 3 aromatic rings. The largest absolute Gasteiger partial charge is 0.495 e. The van der Waals surface area contributed by atoms with Crippen molar-refractivity contribution in [2.24, 2.45) is 0 Å². The molecule has 1 saturated heterocycles. The molecule has 5 rings (SSSR count). The molecule has 0 bridgehead atoms. The van der Waals surface area contributed by atoms with E-state index in [4.69, 9.17) is 21.1 Å². The van der Waals surface area contributed by atoms with Gasteiger partial charge >= 0.3 is 0 Å². The van der Waals surface area contributed by atoms with Gasteiger partial charge in [-0.1, -0.05) is 49.2 Å². The number of methoxy groups -OCH3 is 1. The van der Waals surface area contributed by atoms with Gasteiger partial charge in [-0.15, -0.1) is 0 Å². The second-order valence-electron chi connectivity index (χ2n) is 8.71. The van der Waals surface area contributed by atoms with E-state index < -0.39 is 23.9 Å². The van der Waals surface area contributed by atoms with Gasteiger partial charge in [0.05, 0.1) is 35.9 Å². The highest BCUT2D eigenvalue weighted by atomic mass is 35.5. The van der Waals surface area contributed by atoms with Crippen LogP contribution in [-0.2, 0) is 4.79 Å². The number of anilines is 1. The van der Waals surface area contributed by atoms with Gasteiger partial charge in [0.25, 0.3) is 17.7 Å². The van der Waals surface area contributed by atoms with Gasteiger partial charge in [0.1, 0.15) is 17.5 Å². The second-order valence-corrected chi connectivity index (χ2v) is 9.12. The predicted octanol–water partition coefficient (Wildman–Crippen LogP) is 5.28. The number of carbonyl (C=O) groups is 3. The minimum Gasteiger partial charge on any atom is -0.495 e. The van der Waals surface area contributed by atoms with Crippen molar-refractivity contribution in [3.05, 3.63) is 88.4 Å². The van der Waals surface area contributed by atoms with Crippen LogP contribution in [0.5, 0.6) is 11.5 Å². The van der Waals surface area contributed by atoms with Crippen molar-refractivity contribution in [1.82, 2.24) is 4.90 Å². The van der Waals surface area contributed by atoms with E-state index in [0.717, 1.165) is 23.3 Å². The van der Waals surface area contributed by atoms with E-state index in [-0.39, 0.29) is 5.91 Å². The molecule has 0 aliphatic carbocycles. The summed E-state index contributed by atoms with van der Waals surface area (Å²) in [5.74, 6) is -0.0969. The number of carbonyl (C=O) groups excluding carboxylic acids is 3. The minimum absolute atomic E-state index is 0.305. The number of benzene rings is 3. The van der Waals surface area contributed by atoms with Gasteiger partial charge < -0.3 is 14.4 Å². The Balaban J connectivity index is 1.52. The Morgan fingerprint density at radius 3 is 2.11 bits per heavy atom. The first-order valence-corrected chi connectivity index (χ1v) is 12.2. The molecule has 0 N–H and O–H groups in total. The second kappa shape index (κ2) is 9.66. The first-order chi connectivity index (χ1) is 17.5. The zero-order valence-corrected chi connectivity index (χ0v) is 20.7. The number of rotatable bonds is 8. The lowest BCUT2D eigenvalue weighted by Gasteiger charge is -2.49. The quantitative estimate of drug-likeness (QED) is 0.237. The first-order valence-electron chi connectivity index (χ1n) is 11.8. The molecule has 184 valence electrons. The van der Waals surface area contributed by atoms with Crippen molar-refractivity contribution in [1.29, 1.82) is 0 Å². The molecule has 0 aromatic heterocycles. The van der Waals surface area contributed by atoms with Crippen LogP contribution < -0.4 is 14.4 Å². The average Bonchev–Trinajstić information content (AvgIpc) is 3.13. The van der Waals surface area contributed by atoms with Crippen LogP contribution >= 0.6 is 11.6 Å². The van der Waals surface area contributed by atoms with Crippen LogP contribution in [0.3, 0.4) is 0 Å². The molecule has 8 heteroatoms. The Kier molecular flexibility index (Phi) is 6.41. The van der Waals surface area contributed by atoms with Crippen LogP contribution in [0.25, 0.3) is 0 Å². The fourth-order valence-electron chi connectivity index (χ4n) is 4.71. The van der Waals surface area contributed by atoms with Crippen molar-refractivity contribution in [2.75, 3.05) is 18.6 Å². The minimum atomic E-state index is -0.981. The Hall–Kier alpha value is -3.84. The van der Waals surface area contributed by atoms with Crippen molar-refractivity contribution < 1.29 is 23.9 Å². The zero-order chi connectivity index (χ0) is 25.4. The van der Waals surface area contributed by atoms with Crippen LogP contribution in [0.15, 0.2) is 66.7 Å². The molecule has 0 unspecified atom stereocenters. The van der Waals surface area contributed by atoms with E-state index in [1.54, 1.807) is 47.4 Å². The molecule has 2 atom stereocenters. The third-order valence-corrected chi connectivity index (χ3v) is 6.87. The number of hydrogen-bond acceptors (Lipinski definition) is 5. The summed E-state index contributed by atoms with van der Waals surface area (Å²) in [6, 6.07) is 17.5. The lowest BCUT2D eigenvalue weighted by Crippen LogP contribution is -2.67. The number of β-lactam (4-membered cyclic amide) rings is 1. The molecule has 0 radical (unpaired) electrons. The molecule has 2 aliphatic rings. The molecule has 36 heavy (non-hydrogen) atoms. The van der Waals surface area contributed by atoms with Crippen molar-refractivity contribution in [3.8, 4) is 11.5 Å². The summed E-state index contributed by atoms with van der Waals surface area (Å²) in [6.45, 7) is 2.71. The van der Waals surface area contributed by atoms with Gasteiger partial charge in [0.15, 0.2) is 0 Å². The van der Waals surface area contributed by atoms with Crippen LogP contribution in [0.2, 0.25) is 5.02 Å². The standard InChI is InChI=1S/C28H25ClN2O5/c1-3-4-15-36-19-12-9-17(10-13-19)24-25(31-26(32)20-7-5-6-8-21(20)27(31)33)28(34)30(24)18-11-14-23(35-2)22(29)16-18/h5-14,16,24-25H,3-4,15H2,1-2H3/t24-,25+/m1/s1. The molecule has 3 aromatic carbocycles. The fraction of sp³-hybridized carbons (Fsp3) is 0.250. The highest BCUT2D eigenvalue weighted by Crippen LogP contribution is 2.45. The highest BCUT2D eigenvalue weighted by Gasteiger charge is 2.57. The monoisotopic (exact) mass is 504 g/mol. The molecular weight excluding hydrogens is 480 g/mol. The maximum Gasteiger partial charge on any atom is 0.262 e. The number of nitrogens with zero attached hydrogens (tertiary/aromatic N) is 2. The summed E-state index contributed by atoms with van der Waals surface area (Å²) in [5, 5.41) is 0.352. The van der Waals surface area contributed by atoms with Crippen LogP contribution in [0, 0.1) is 0 Å². The van der Waals surface area contributed by atoms with Crippen molar-refractivity contribution in [2.45, 2.75) is 31.8 Å². The lowest BCUT2D eigenvalue weighted by atomic mass is 9.86. The Morgan fingerprint density at radius 1 is 0.861 bits per heavy atom. The van der Waals surface area contributed by atoms with Crippen LogP contribution in [0.1, 0.15) is 52.1 Å². The number of fused-ring (bicyclic) bond motifs is 1. The van der Waals surface area contributed by atoms with Gasteiger partial charge in [-0.2, -0.15) is 0 Å². The molecule has 0 spiro atoms. The Bertz CT molecular complexity index is 1310. The zero-order valence-electron chi connectivity index (χ0n) is 19.9. The SMILES string of the molecule is CCCCOc1ccc([C@@H]2[C@H](N3C(=O)c4ccccc4C3=O)C(=O)N2c2ccc(OC)c(Cl)c2)cc1. The van der Waals surface area contributed by atoms with Crippen LogP contribution in [-0.4, -0.2) is 42.4 Å². The predicted molar refractivity (Wildman–Crippen MR) is 136 cm³/mol. The summed E-state index contributed by atoms with van der Waals surface area (Å²) in [5.41, 5.74) is 1.93. The first kappa shape index (κ1) is 23.9. The Labute approximate surface area is 214 Å². The Morgan fingerprint density at radius 2 is 1.53 bits per heavy atom. The van der Waals surface area contributed by atoms with Crippen LogP contribution in [0.4, 0.5) is 5.69 Å². The number of imide groups is 1. The van der Waals surface area contributed by atoms with Crippen molar-refractivity contribution in [3.63, 3.8) is 0 Å². The van der Waals surface area contributed by atoms with Gasteiger partial charge in [0, 0.05) is 5.69 Å². The van der Waals surface area contributed by atoms with E-state index in [0.29, 0.717) is 39.9 Å². The summed E-state index contributed by atoms with van der Waals surface area (Å²) >= 11 is 6.35. The molecule has 2 aliphatic heterocycles. The molecule has 7 nitrogen and oxygen atoms in total. The maximum atomic E-state index is 13.6. The van der Waals surface area contributed by atoms with E-state index in [2.05, 4.69) is 6.92 Å². The van der Waals surface area contributed by atoms with Crippen molar-refractivity contribution >= 4 is 35.0 Å². The fourth-order valence-corrected chi connectivity index (χ4v) is 4.96. The summed E-state index contributed by atoms with van der Waals surface area (Å²) in [7, 11) is 1.51. The average molecular weight is 505 g/mol. The number of halogens is 1. The molecule has 0 saturated carbocycles. The molecular formula is C28H25ClN2O5. The molecule has 1 fully saturated rings. The van der Waals surface area contributed by atoms with Gasteiger partial charge in [-0.25, -0.2) is 0 Å². The normalized spacial score (nSPS) is 18.8. The lowest BCUT2D eigenvalue weighted by molar-refractivity contribution is -0.130. The van der Waals surface area contributed by atoms with E-state index in [1.165, 1.54) is 7.11 Å². The van der Waals surface area contributed by atoms with E-state index >= 15 is 0 Å². The smallest absolute Gasteiger partial charge is 0.262 e. The third kappa shape index (κ3) is 3.89. The van der Waals surface area contributed by atoms with Gasteiger partial charge in [-0.05, 0) is 54.4 Å². The van der Waals surface area contributed by atoms with Gasteiger partial charge in [0.2, 0.25) is 0 Å². The van der Waals surface area contributed by atoms with E-state index in [9.17, 15) is 14.4 Å². The highest BCUT2D eigenvalue weighted by molar-refractivity contribution is 6.32. The number of ether oxygens (including phenoxy) is 2. The molecule has 3 amide bonds. The van der Waals surface area contributed by atoms with E-state index in [1.807, 2.05) is 24.3 Å². The van der Waals surface area contributed by atoms with Gasteiger partial charge in [-0.3, -0.25) is 19.3 Å². The summed E-state index contributed by atoms with van der Waals surface area (Å²) in [6.07, 6.45) is 1.98. The maximum absolute atomic E-state index is 13.6. The number of amides is 3.